The van der Waals surface area contributed by atoms with Crippen LogP contribution in [-0.4, -0.2) is 18.7 Å². The maximum atomic E-state index is 14.6. The van der Waals surface area contributed by atoms with Gasteiger partial charge in [0.1, 0.15) is 11.6 Å². The van der Waals surface area contributed by atoms with Crippen LogP contribution in [0.4, 0.5) is 17.6 Å². The second kappa shape index (κ2) is 9.21. The lowest BCUT2D eigenvalue weighted by molar-refractivity contribution is 0.202. The van der Waals surface area contributed by atoms with Gasteiger partial charge in [0, 0.05) is 24.4 Å². The predicted molar refractivity (Wildman–Crippen MR) is 115 cm³/mol. The molecule has 0 aliphatic heterocycles. The highest BCUT2D eigenvalue weighted by Crippen LogP contribution is 2.24. The summed E-state index contributed by atoms with van der Waals surface area (Å²) in [4.78, 5) is 4.27. The van der Waals surface area contributed by atoms with E-state index in [-0.39, 0.29) is 5.56 Å². The molecular formula is C26H17F4NO. The minimum absolute atomic E-state index is 0.298. The third-order valence-corrected chi connectivity index (χ3v) is 4.97. The number of nitrogens with zero attached hydrogens (tertiary/aromatic N) is 1. The maximum Gasteiger partial charge on any atom is 0.159 e. The Balaban J connectivity index is 1.61. The molecule has 0 aliphatic rings. The number of hydrogen-bond donors (Lipinski definition) is 0. The summed E-state index contributed by atoms with van der Waals surface area (Å²) in [7, 11) is 1.61. The van der Waals surface area contributed by atoms with Gasteiger partial charge in [0.25, 0.3) is 0 Å². The van der Waals surface area contributed by atoms with E-state index < -0.39 is 23.3 Å². The van der Waals surface area contributed by atoms with Crippen molar-refractivity contribution in [1.82, 2.24) is 4.98 Å². The fourth-order valence-electron chi connectivity index (χ4n) is 3.26. The van der Waals surface area contributed by atoms with Crippen LogP contribution in [0.3, 0.4) is 0 Å². The number of hydrogen-bond acceptors (Lipinski definition) is 2. The van der Waals surface area contributed by atoms with E-state index in [1.807, 2.05) is 6.07 Å². The zero-order valence-electron chi connectivity index (χ0n) is 17.1. The van der Waals surface area contributed by atoms with Crippen LogP contribution in [0.25, 0.3) is 22.0 Å². The first-order valence-electron chi connectivity index (χ1n) is 9.79. The number of aromatic nitrogens is 1. The Morgan fingerprint density at radius 2 is 1.50 bits per heavy atom. The number of methoxy groups -OCH3 is 1. The van der Waals surface area contributed by atoms with Crippen molar-refractivity contribution in [3.8, 4) is 23.1 Å². The molecule has 0 saturated carbocycles. The number of pyridine rings is 1. The maximum absolute atomic E-state index is 14.6. The molecule has 0 spiro atoms. The topological polar surface area (TPSA) is 22.1 Å². The summed E-state index contributed by atoms with van der Waals surface area (Å²) in [6.45, 7) is 0.556. The van der Waals surface area contributed by atoms with Gasteiger partial charge in [-0.25, -0.2) is 17.6 Å². The van der Waals surface area contributed by atoms with E-state index in [1.165, 1.54) is 18.2 Å². The minimum atomic E-state index is -0.976. The molecule has 160 valence electrons. The summed E-state index contributed by atoms with van der Waals surface area (Å²) in [5.41, 5.74) is 1.73. The van der Waals surface area contributed by atoms with E-state index in [4.69, 9.17) is 4.74 Å². The first-order chi connectivity index (χ1) is 15.4. The van der Waals surface area contributed by atoms with Gasteiger partial charge < -0.3 is 4.74 Å². The number of benzene rings is 3. The van der Waals surface area contributed by atoms with Crippen molar-refractivity contribution in [1.29, 1.82) is 0 Å². The monoisotopic (exact) mass is 435 g/mol. The number of rotatable bonds is 4. The third kappa shape index (κ3) is 4.63. The molecule has 6 heteroatoms. The van der Waals surface area contributed by atoms with E-state index >= 15 is 0 Å². The van der Waals surface area contributed by atoms with Gasteiger partial charge in [-0.15, -0.1) is 0 Å². The molecule has 4 aromatic rings. The molecule has 32 heavy (non-hydrogen) atoms. The largest absolute Gasteiger partial charge is 0.384 e. The van der Waals surface area contributed by atoms with Gasteiger partial charge in [-0.05, 0) is 65.2 Å². The fourth-order valence-corrected chi connectivity index (χ4v) is 3.26. The van der Waals surface area contributed by atoms with Crippen LogP contribution in [0.1, 0.15) is 16.7 Å². The Morgan fingerprint density at radius 1 is 0.781 bits per heavy atom. The summed E-state index contributed by atoms with van der Waals surface area (Å²) in [6, 6.07) is 12.7. The van der Waals surface area contributed by atoms with Crippen molar-refractivity contribution in [2.45, 2.75) is 6.42 Å². The first-order valence-corrected chi connectivity index (χ1v) is 9.79. The van der Waals surface area contributed by atoms with Crippen LogP contribution in [0.2, 0.25) is 0 Å². The van der Waals surface area contributed by atoms with Crippen molar-refractivity contribution < 1.29 is 22.3 Å². The van der Waals surface area contributed by atoms with Gasteiger partial charge >= 0.3 is 0 Å². The molecule has 1 aromatic heterocycles. The van der Waals surface area contributed by atoms with Crippen LogP contribution in [-0.2, 0) is 11.2 Å². The van der Waals surface area contributed by atoms with Crippen LogP contribution < -0.4 is 0 Å². The standard InChI is InChI=1S/C26H17F4NO/c1-32-9-8-17-4-7-26(31-15-17)20-13-22(27)21(23(28)14-20)6-3-16-2-5-18-11-24(29)25(30)12-19(18)10-16/h2,4-5,7,10-15H,8-9H2,1H3. The van der Waals surface area contributed by atoms with Crippen molar-refractivity contribution >= 4 is 10.8 Å². The Labute approximate surface area is 182 Å². The lowest BCUT2D eigenvalue weighted by atomic mass is 10.0. The number of ether oxygens (including phenoxy) is 1. The Hall–Kier alpha value is -3.69. The van der Waals surface area contributed by atoms with Crippen molar-refractivity contribution in [3.05, 3.63) is 101 Å². The Kier molecular flexibility index (Phi) is 6.20. The SMILES string of the molecule is COCCc1ccc(-c2cc(F)c(C#Cc3ccc4cc(F)c(F)cc4c3)c(F)c2)nc1. The van der Waals surface area contributed by atoms with Gasteiger partial charge in [0.2, 0.25) is 0 Å². The Morgan fingerprint density at radius 3 is 2.16 bits per heavy atom. The molecule has 0 atom stereocenters. The summed E-state index contributed by atoms with van der Waals surface area (Å²) in [6.07, 6.45) is 2.34. The number of halogens is 4. The molecule has 2 nitrogen and oxygen atoms in total. The quantitative estimate of drug-likeness (QED) is 0.288. The van der Waals surface area contributed by atoms with Gasteiger partial charge in [0.05, 0.1) is 17.9 Å². The van der Waals surface area contributed by atoms with Crippen LogP contribution in [0, 0.1) is 35.1 Å². The van der Waals surface area contributed by atoms with E-state index in [2.05, 4.69) is 16.8 Å². The first kappa shape index (κ1) is 21.5. The van der Waals surface area contributed by atoms with E-state index in [9.17, 15) is 17.6 Å². The highest BCUT2D eigenvalue weighted by atomic mass is 19.2. The summed E-state index contributed by atoms with van der Waals surface area (Å²) < 4.78 is 61.1. The molecule has 0 unspecified atom stereocenters. The predicted octanol–water partition coefficient (Wildman–Crippen LogP) is 6.05. The summed E-state index contributed by atoms with van der Waals surface area (Å²) in [5.74, 6) is 1.63. The van der Waals surface area contributed by atoms with Gasteiger partial charge in [0.15, 0.2) is 11.6 Å². The number of fused-ring (bicyclic) bond motifs is 1. The molecule has 0 radical (unpaired) electrons. The highest BCUT2D eigenvalue weighted by Gasteiger charge is 2.12. The van der Waals surface area contributed by atoms with E-state index in [0.717, 1.165) is 17.7 Å². The molecule has 0 N–H and O–H groups in total. The molecule has 0 fully saturated rings. The normalized spacial score (nSPS) is 10.8. The molecular weight excluding hydrogens is 418 g/mol. The highest BCUT2D eigenvalue weighted by molar-refractivity contribution is 5.84. The van der Waals surface area contributed by atoms with Crippen LogP contribution in [0.5, 0.6) is 0 Å². The lowest BCUT2D eigenvalue weighted by Gasteiger charge is -2.06. The lowest BCUT2D eigenvalue weighted by Crippen LogP contribution is -1.97. The average Bonchev–Trinajstić information content (AvgIpc) is 2.78. The van der Waals surface area contributed by atoms with Crippen LogP contribution in [0.15, 0.2) is 60.8 Å². The van der Waals surface area contributed by atoms with Gasteiger partial charge in [-0.3, -0.25) is 4.98 Å². The molecule has 0 amide bonds. The smallest absolute Gasteiger partial charge is 0.159 e. The van der Waals surface area contributed by atoms with E-state index in [1.54, 1.807) is 31.5 Å². The van der Waals surface area contributed by atoms with Gasteiger partial charge in [-0.2, -0.15) is 0 Å². The summed E-state index contributed by atoms with van der Waals surface area (Å²) >= 11 is 0. The minimum Gasteiger partial charge on any atom is -0.384 e. The zero-order chi connectivity index (χ0) is 22.7. The van der Waals surface area contributed by atoms with E-state index in [0.29, 0.717) is 40.6 Å². The fraction of sp³-hybridized carbons (Fsp3) is 0.115. The molecule has 0 aliphatic carbocycles. The average molecular weight is 435 g/mol. The summed E-state index contributed by atoms with van der Waals surface area (Å²) in [5, 5.41) is 0.934. The second-order valence-corrected chi connectivity index (χ2v) is 7.19. The zero-order valence-corrected chi connectivity index (χ0v) is 17.1. The second-order valence-electron chi connectivity index (χ2n) is 7.19. The molecule has 3 aromatic carbocycles. The van der Waals surface area contributed by atoms with Gasteiger partial charge in [-0.1, -0.05) is 24.0 Å². The van der Waals surface area contributed by atoms with Crippen molar-refractivity contribution in [2.75, 3.05) is 13.7 Å². The Bertz CT molecular complexity index is 1330. The molecule has 4 rings (SSSR count). The van der Waals surface area contributed by atoms with Crippen molar-refractivity contribution in [2.24, 2.45) is 0 Å². The molecule has 0 bridgehead atoms. The molecule has 0 saturated heterocycles. The van der Waals surface area contributed by atoms with Crippen molar-refractivity contribution in [3.63, 3.8) is 0 Å². The van der Waals surface area contributed by atoms with Crippen LogP contribution >= 0.6 is 0 Å². The third-order valence-electron chi connectivity index (χ3n) is 4.97. The molecule has 1 heterocycles.